The van der Waals surface area contributed by atoms with E-state index >= 15 is 0 Å². The summed E-state index contributed by atoms with van der Waals surface area (Å²) in [4.78, 5) is 15.9. The number of carbonyl (C=O) groups excluding carboxylic acids is 1. The van der Waals surface area contributed by atoms with E-state index in [1.165, 1.54) is 0 Å². The standard InChI is InChI=1S/C14H14N2O2S/c1-8(2)14-16-11(7-19-14)9-3-4-12-10(5-9)15-13(17)6-18-12/h3-5,7-8H,6H2,1-2H3,(H,15,17). The van der Waals surface area contributed by atoms with Gasteiger partial charge in [-0.05, 0) is 18.2 Å². The van der Waals surface area contributed by atoms with E-state index in [9.17, 15) is 4.79 Å². The number of thiazole rings is 1. The van der Waals surface area contributed by atoms with Gasteiger partial charge in [0.15, 0.2) is 6.61 Å². The Bertz CT molecular complexity index is 634. The molecule has 1 amide bonds. The van der Waals surface area contributed by atoms with Crippen LogP contribution in [0.15, 0.2) is 23.6 Å². The van der Waals surface area contributed by atoms with E-state index in [1.54, 1.807) is 11.3 Å². The third-order valence-electron chi connectivity index (χ3n) is 2.92. The van der Waals surface area contributed by atoms with E-state index in [0.717, 1.165) is 16.3 Å². The van der Waals surface area contributed by atoms with Crippen molar-refractivity contribution in [1.82, 2.24) is 4.98 Å². The maximum Gasteiger partial charge on any atom is 0.262 e. The van der Waals surface area contributed by atoms with Crippen LogP contribution >= 0.6 is 11.3 Å². The molecule has 4 nitrogen and oxygen atoms in total. The van der Waals surface area contributed by atoms with Gasteiger partial charge in [-0.2, -0.15) is 0 Å². The van der Waals surface area contributed by atoms with Gasteiger partial charge in [0.05, 0.1) is 16.4 Å². The molecule has 0 unspecified atom stereocenters. The number of hydrogen-bond acceptors (Lipinski definition) is 4. The van der Waals surface area contributed by atoms with Crippen LogP contribution < -0.4 is 10.1 Å². The molecule has 0 spiro atoms. The first-order valence-electron chi connectivity index (χ1n) is 6.16. The van der Waals surface area contributed by atoms with Gasteiger partial charge < -0.3 is 10.1 Å². The van der Waals surface area contributed by atoms with Crippen LogP contribution in [0.25, 0.3) is 11.3 Å². The zero-order valence-corrected chi connectivity index (χ0v) is 11.6. The lowest BCUT2D eigenvalue weighted by atomic mass is 10.1. The molecule has 1 aromatic heterocycles. The zero-order chi connectivity index (χ0) is 13.4. The van der Waals surface area contributed by atoms with E-state index < -0.39 is 0 Å². The Labute approximate surface area is 115 Å². The van der Waals surface area contributed by atoms with Crippen molar-refractivity contribution in [3.05, 3.63) is 28.6 Å². The van der Waals surface area contributed by atoms with Gasteiger partial charge in [0.25, 0.3) is 5.91 Å². The van der Waals surface area contributed by atoms with Crippen molar-refractivity contribution in [3.8, 4) is 17.0 Å². The topological polar surface area (TPSA) is 51.2 Å². The molecule has 1 N–H and O–H groups in total. The predicted octanol–water partition coefficient (Wildman–Crippen LogP) is 3.26. The number of rotatable bonds is 2. The van der Waals surface area contributed by atoms with Gasteiger partial charge in [0.1, 0.15) is 5.75 Å². The molecule has 0 bridgehead atoms. The number of ether oxygens (including phenoxy) is 1. The summed E-state index contributed by atoms with van der Waals surface area (Å²) in [6.45, 7) is 4.34. The summed E-state index contributed by atoms with van der Waals surface area (Å²) in [6, 6.07) is 5.75. The first kappa shape index (κ1) is 12.2. The van der Waals surface area contributed by atoms with Gasteiger partial charge in [-0.3, -0.25) is 4.79 Å². The van der Waals surface area contributed by atoms with Gasteiger partial charge in [-0.25, -0.2) is 4.98 Å². The fraction of sp³-hybridized carbons (Fsp3) is 0.286. The Morgan fingerprint density at radius 2 is 2.26 bits per heavy atom. The Hall–Kier alpha value is -1.88. The average Bonchev–Trinajstić information content (AvgIpc) is 2.87. The maximum atomic E-state index is 11.3. The molecule has 1 aliphatic heterocycles. The number of aromatic nitrogens is 1. The summed E-state index contributed by atoms with van der Waals surface area (Å²) in [5.41, 5.74) is 2.65. The second-order valence-electron chi connectivity index (χ2n) is 4.77. The molecule has 3 rings (SSSR count). The van der Waals surface area contributed by atoms with Crippen LogP contribution in [0.1, 0.15) is 24.8 Å². The minimum Gasteiger partial charge on any atom is -0.482 e. The normalized spacial score (nSPS) is 13.9. The summed E-state index contributed by atoms with van der Waals surface area (Å²) in [7, 11) is 0. The quantitative estimate of drug-likeness (QED) is 0.914. The van der Waals surface area contributed by atoms with Crippen LogP contribution in [0, 0.1) is 0 Å². The van der Waals surface area contributed by atoms with Crippen molar-refractivity contribution in [2.24, 2.45) is 0 Å². The first-order valence-corrected chi connectivity index (χ1v) is 7.04. The zero-order valence-electron chi connectivity index (χ0n) is 10.8. The number of amides is 1. The molecule has 0 aliphatic carbocycles. The van der Waals surface area contributed by atoms with E-state index in [0.29, 0.717) is 17.4 Å². The fourth-order valence-electron chi connectivity index (χ4n) is 1.93. The highest BCUT2D eigenvalue weighted by Gasteiger charge is 2.17. The summed E-state index contributed by atoms with van der Waals surface area (Å²) in [5.74, 6) is 1.02. The van der Waals surface area contributed by atoms with Crippen LogP contribution in [0.4, 0.5) is 5.69 Å². The third kappa shape index (κ3) is 2.33. The molecule has 2 aromatic rings. The highest BCUT2D eigenvalue weighted by molar-refractivity contribution is 7.10. The number of nitrogens with zero attached hydrogens (tertiary/aromatic N) is 1. The van der Waals surface area contributed by atoms with E-state index in [1.807, 2.05) is 23.6 Å². The predicted molar refractivity (Wildman–Crippen MR) is 75.8 cm³/mol. The van der Waals surface area contributed by atoms with Gasteiger partial charge in [0, 0.05) is 16.9 Å². The highest BCUT2D eigenvalue weighted by Crippen LogP contribution is 2.33. The monoisotopic (exact) mass is 274 g/mol. The van der Waals surface area contributed by atoms with Crippen LogP contribution in [0.3, 0.4) is 0 Å². The van der Waals surface area contributed by atoms with Crippen molar-refractivity contribution in [2.75, 3.05) is 11.9 Å². The van der Waals surface area contributed by atoms with Gasteiger partial charge >= 0.3 is 0 Å². The molecule has 5 heteroatoms. The fourth-order valence-corrected chi connectivity index (χ4v) is 2.77. The van der Waals surface area contributed by atoms with Gasteiger partial charge in [-0.1, -0.05) is 13.8 Å². The Balaban J connectivity index is 1.96. The molecular weight excluding hydrogens is 260 g/mol. The van der Waals surface area contributed by atoms with E-state index in [4.69, 9.17) is 4.74 Å². The summed E-state index contributed by atoms with van der Waals surface area (Å²) in [5, 5.41) is 5.97. The molecule has 2 heterocycles. The second-order valence-corrected chi connectivity index (χ2v) is 5.66. The maximum absolute atomic E-state index is 11.3. The molecule has 0 radical (unpaired) electrons. The molecule has 98 valence electrons. The molecule has 0 saturated carbocycles. The first-order chi connectivity index (χ1) is 9.13. The number of nitrogens with one attached hydrogen (secondary N) is 1. The molecular formula is C14H14N2O2S. The second kappa shape index (κ2) is 4.66. The molecule has 1 aliphatic rings. The van der Waals surface area contributed by atoms with Crippen LogP contribution in [-0.2, 0) is 4.79 Å². The minimum absolute atomic E-state index is 0.0839. The number of benzene rings is 1. The summed E-state index contributed by atoms with van der Waals surface area (Å²) in [6.07, 6.45) is 0. The number of carbonyl (C=O) groups is 1. The molecule has 0 saturated heterocycles. The molecule has 1 aromatic carbocycles. The average molecular weight is 274 g/mol. The molecule has 0 atom stereocenters. The van der Waals surface area contributed by atoms with Crippen molar-refractivity contribution in [2.45, 2.75) is 19.8 Å². The van der Waals surface area contributed by atoms with Gasteiger partial charge in [0.2, 0.25) is 0 Å². The molecule has 0 fully saturated rings. The lowest BCUT2D eigenvalue weighted by molar-refractivity contribution is -0.118. The number of anilines is 1. The smallest absolute Gasteiger partial charge is 0.262 e. The van der Waals surface area contributed by atoms with Crippen molar-refractivity contribution in [3.63, 3.8) is 0 Å². The summed E-state index contributed by atoms with van der Waals surface area (Å²) < 4.78 is 5.34. The van der Waals surface area contributed by atoms with E-state index in [-0.39, 0.29) is 12.5 Å². The summed E-state index contributed by atoms with van der Waals surface area (Å²) >= 11 is 1.66. The Morgan fingerprint density at radius 1 is 1.42 bits per heavy atom. The highest BCUT2D eigenvalue weighted by atomic mass is 32.1. The van der Waals surface area contributed by atoms with Crippen LogP contribution in [0.5, 0.6) is 5.75 Å². The third-order valence-corrected chi connectivity index (χ3v) is 4.07. The lowest BCUT2D eigenvalue weighted by Gasteiger charge is -2.18. The Kier molecular flexibility index (Phi) is 2.98. The van der Waals surface area contributed by atoms with Crippen LogP contribution in [0.2, 0.25) is 0 Å². The van der Waals surface area contributed by atoms with Gasteiger partial charge in [-0.15, -0.1) is 11.3 Å². The van der Waals surface area contributed by atoms with Crippen molar-refractivity contribution >= 4 is 22.9 Å². The lowest BCUT2D eigenvalue weighted by Crippen LogP contribution is -2.25. The Morgan fingerprint density at radius 3 is 3.00 bits per heavy atom. The van der Waals surface area contributed by atoms with Crippen LogP contribution in [-0.4, -0.2) is 17.5 Å². The van der Waals surface area contributed by atoms with Crippen molar-refractivity contribution in [1.29, 1.82) is 0 Å². The number of hydrogen-bond donors (Lipinski definition) is 1. The SMILES string of the molecule is CC(C)c1nc(-c2ccc3c(c2)NC(=O)CO3)cs1. The minimum atomic E-state index is -0.120. The number of fused-ring (bicyclic) bond motifs is 1. The van der Waals surface area contributed by atoms with Crippen molar-refractivity contribution < 1.29 is 9.53 Å². The molecule has 19 heavy (non-hydrogen) atoms. The van der Waals surface area contributed by atoms with E-state index in [2.05, 4.69) is 24.1 Å². The largest absolute Gasteiger partial charge is 0.482 e.